The largest absolute Gasteiger partial charge is 0.497 e. The lowest BCUT2D eigenvalue weighted by molar-refractivity contribution is -0.125. The molecule has 0 radical (unpaired) electrons. The van der Waals surface area contributed by atoms with E-state index in [0.717, 1.165) is 28.0 Å². The topological polar surface area (TPSA) is 49.8 Å². The summed E-state index contributed by atoms with van der Waals surface area (Å²) in [5.41, 5.74) is 2.45. The zero-order chi connectivity index (χ0) is 21.1. The molecule has 152 valence electrons. The number of hydrogen-bond donors (Lipinski definition) is 1. The molecule has 1 amide bonds. The average Bonchev–Trinajstić information content (AvgIpc) is 3.05. The molecule has 3 aromatic carbocycles. The number of β-amino-alcohol motifs (C(OH)–C–C–N with tert-alkyl or cyclic N) is 1. The second kappa shape index (κ2) is 8.17. The molecule has 0 saturated carbocycles. The predicted molar refractivity (Wildman–Crippen MR) is 118 cm³/mol. The van der Waals surface area contributed by atoms with Gasteiger partial charge in [0, 0.05) is 6.54 Å². The molecule has 0 aromatic heterocycles. The second-order valence-corrected chi connectivity index (χ2v) is 7.60. The highest BCUT2D eigenvalue weighted by Crippen LogP contribution is 2.42. The molecule has 0 spiro atoms. The fourth-order valence-electron chi connectivity index (χ4n) is 4.10. The number of likely N-dealkylation sites (tertiary alicyclic amines) is 1. The maximum atomic E-state index is 13.5. The smallest absolute Gasteiger partial charge is 0.253 e. The molecule has 1 aliphatic rings. The first-order valence-electron chi connectivity index (χ1n) is 10.00. The van der Waals surface area contributed by atoms with Gasteiger partial charge >= 0.3 is 0 Å². The molecule has 3 aromatic rings. The van der Waals surface area contributed by atoms with Crippen molar-refractivity contribution < 1.29 is 14.6 Å². The monoisotopic (exact) mass is 399 g/mol. The van der Waals surface area contributed by atoms with Crippen molar-refractivity contribution in [2.45, 2.75) is 19.1 Å². The van der Waals surface area contributed by atoms with Crippen LogP contribution in [0.15, 0.2) is 90.5 Å². The van der Waals surface area contributed by atoms with E-state index in [1.54, 1.807) is 12.0 Å². The number of amides is 1. The van der Waals surface area contributed by atoms with Crippen LogP contribution in [0.3, 0.4) is 0 Å². The van der Waals surface area contributed by atoms with E-state index >= 15 is 0 Å². The molecule has 4 nitrogen and oxygen atoms in total. The number of carbonyl (C=O) groups excluding carboxylic acids is 1. The summed E-state index contributed by atoms with van der Waals surface area (Å²) in [5.74, 6) is 0.608. The summed E-state index contributed by atoms with van der Waals surface area (Å²) >= 11 is 0. The van der Waals surface area contributed by atoms with Gasteiger partial charge in [-0.25, -0.2) is 0 Å². The minimum Gasteiger partial charge on any atom is -0.497 e. The third kappa shape index (κ3) is 3.62. The van der Waals surface area contributed by atoms with Crippen molar-refractivity contribution in [3.8, 4) is 5.75 Å². The Bertz CT molecular complexity index is 1060. The second-order valence-electron chi connectivity index (χ2n) is 7.60. The number of methoxy groups -OCH3 is 1. The number of nitrogens with zero attached hydrogens (tertiary/aromatic N) is 1. The molecule has 1 aliphatic heterocycles. The quantitative estimate of drug-likeness (QED) is 0.647. The first kappa shape index (κ1) is 19.9. The van der Waals surface area contributed by atoms with E-state index in [-0.39, 0.29) is 12.5 Å². The van der Waals surface area contributed by atoms with Crippen LogP contribution in [0, 0.1) is 0 Å². The highest BCUT2D eigenvalue weighted by atomic mass is 16.5. The average molecular weight is 399 g/mol. The van der Waals surface area contributed by atoms with Crippen molar-refractivity contribution in [1.82, 2.24) is 4.90 Å². The van der Waals surface area contributed by atoms with Gasteiger partial charge in [-0.15, -0.1) is 0 Å². The van der Waals surface area contributed by atoms with Crippen molar-refractivity contribution in [1.29, 1.82) is 0 Å². The van der Waals surface area contributed by atoms with Gasteiger partial charge in [-0.2, -0.15) is 0 Å². The molecule has 30 heavy (non-hydrogen) atoms. The molecular weight excluding hydrogens is 374 g/mol. The molecule has 4 heteroatoms. The molecule has 1 N–H and O–H groups in total. The van der Waals surface area contributed by atoms with Gasteiger partial charge in [-0.05, 0) is 41.3 Å². The number of aliphatic hydroxyl groups is 1. The summed E-state index contributed by atoms with van der Waals surface area (Å²) < 4.78 is 5.25. The molecule has 1 heterocycles. The van der Waals surface area contributed by atoms with Crippen LogP contribution in [-0.2, 0) is 16.9 Å². The first-order valence-corrected chi connectivity index (χ1v) is 10.00. The van der Waals surface area contributed by atoms with E-state index in [4.69, 9.17) is 4.74 Å². The fourth-order valence-corrected chi connectivity index (χ4v) is 4.10. The zero-order valence-corrected chi connectivity index (χ0v) is 17.2. The number of allylic oxidation sites excluding steroid dienone is 1. The maximum absolute atomic E-state index is 13.5. The fraction of sp³-hybridized carbons (Fsp3) is 0.192. The Morgan fingerprint density at radius 3 is 2.17 bits per heavy atom. The summed E-state index contributed by atoms with van der Waals surface area (Å²) in [4.78, 5) is 15.2. The van der Waals surface area contributed by atoms with Crippen molar-refractivity contribution in [2.75, 3.05) is 13.7 Å². The van der Waals surface area contributed by atoms with Crippen LogP contribution in [0.1, 0.15) is 23.6 Å². The van der Waals surface area contributed by atoms with Gasteiger partial charge in [0.1, 0.15) is 11.4 Å². The summed E-state index contributed by atoms with van der Waals surface area (Å²) in [6.07, 6.45) is 0. The summed E-state index contributed by atoms with van der Waals surface area (Å²) in [7, 11) is 1.62. The normalized spacial score (nSPS) is 20.4. The first-order chi connectivity index (χ1) is 14.5. The van der Waals surface area contributed by atoms with E-state index in [2.05, 4.69) is 0 Å². The SMILES string of the molecule is COc1ccc(/C(C)=C2\C(=O)N(Cc3ccccc3)CC2(O)c2ccccc2)cc1. The van der Waals surface area contributed by atoms with E-state index in [0.29, 0.717) is 12.1 Å². The van der Waals surface area contributed by atoms with Crippen molar-refractivity contribution in [3.05, 3.63) is 107 Å². The molecule has 1 saturated heterocycles. The van der Waals surface area contributed by atoms with Crippen molar-refractivity contribution >= 4 is 11.5 Å². The molecule has 0 bridgehead atoms. The molecular formula is C26H25NO3. The van der Waals surface area contributed by atoms with Gasteiger partial charge in [-0.1, -0.05) is 72.8 Å². The Morgan fingerprint density at radius 2 is 1.57 bits per heavy atom. The summed E-state index contributed by atoms with van der Waals surface area (Å²) in [5, 5.41) is 11.8. The standard InChI is InChI=1S/C26H25NO3/c1-19(21-13-15-23(30-2)16-14-21)24-25(28)27(17-20-9-5-3-6-10-20)18-26(24,29)22-11-7-4-8-12-22/h3-16,29H,17-18H2,1-2H3/b24-19+. The minimum absolute atomic E-state index is 0.140. The van der Waals surface area contributed by atoms with Crippen LogP contribution in [-0.4, -0.2) is 29.6 Å². The summed E-state index contributed by atoms with van der Waals surface area (Å²) in [6, 6.07) is 26.8. The van der Waals surface area contributed by atoms with Crippen LogP contribution in [0.25, 0.3) is 5.57 Å². The number of benzene rings is 3. The highest BCUT2D eigenvalue weighted by Gasteiger charge is 2.49. The van der Waals surface area contributed by atoms with Gasteiger partial charge in [0.15, 0.2) is 0 Å². The number of rotatable bonds is 5. The van der Waals surface area contributed by atoms with Crippen LogP contribution in [0.2, 0.25) is 0 Å². The molecule has 0 aliphatic carbocycles. The van der Waals surface area contributed by atoms with Crippen LogP contribution in [0.4, 0.5) is 0 Å². The Labute approximate surface area is 177 Å². The lowest BCUT2D eigenvalue weighted by Gasteiger charge is -2.25. The Hall–Kier alpha value is -3.37. The Balaban J connectivity index is 1.80. The maximum Gasteiger partial charge on any atom is 0.253 e. The molecule has 4 rings (SSSR count). The predicted octanol–water partition coefficient (Wildman–Crippen LogP) is 4.40. The molecule has 1 fully saturated rings. The number of carbonyl (C=O) groups is 1. The van der Waals surface area contributed by atoms with Crippen molar-refractivity contribution in [3.63, 3.8) is 0 Å². The lowest BCUT2D eigenvalue weighted by atomic mass is 9.84. The molecule has 1 atom stereocenters. The van der Waals surface area contributed by atoms with Gasteiger partial charge in [0.25, 0.3) is 5.91 Å². The third-order valence-corrected chi connectivity index (χ3v) is 5.70. The highest BCUT2D eigenvalue weighted by molar-refractivity contribution is 6.05. The van der Waals surface area contributed by atoms with Gasteiger partial charge in [0.05, 0.1) is 19.2 Å². The van der Waals surface area contributed by atoms with Crippen LogP contribution >= 0.6 is 0 Å². The minimum atomic E-state index is -1.38. The Morgan fingerprint density at radius 1 is 0.967 bits per heavy atom. The number of hydrogen-bond acceptors (Lipinski definition) is 3. The summed E-state index contributed by atoms with van der Waals surface area (Å²) in [6.45, 7) is 2.57. The third-order valence-electron chi connectivity index (χ3n) is 5.70. The van der Waals surface area contributed by atoms with E-state index in [9.17, 15) is 9.90 Å². The molecule has 1 unspecified atom stereocenters. The van der Waals surface area contributed by atoms with E-state index in [1.165, 1.54) is 0 Å². The van der Waals surface area contributed by atoms with Gasteiger partial charge < -0.3 is 14.7 Å². The zero-order valence-electron chi connectivity index (χ0n) is 17.2. The van der Waals surface area contributed by atoms with E-state index in [1.807, 2.05) is 91.9 Å². The van der Waals surface area contributed by atoms with Gasteiger partial charge in [-0.3, -0.25) is 4.79 Å². The van der Waals surface area contributed by atoms with Crippen LogP contribution in [0.5, 0.6) is 5.75 Å². The van der Waals surface area contributed by atoms with Gasteiger partial charge in [0.2, 0.25) is 0 Å². The van der Waals surface area contributed by atoms with E-state index < -0.39 is 5.60 Å². The lowest BCUT2D eigenvalue weighted by Crippen LogP contribution is -2.32. The van der Waals surface area contributed by atoms with Crippen LogP contribution < -0.4 is 4.74 Å². The van der Waals surface area contributed by atoms with Crippen molar-refractivity contribution in [2.24, 2.45) is 0 Å². The Kier molecular flexibility index (Phi) is 5.42. The number of ether oxygens (including phenoxy) is 1.